The molecule has 1 radical (unpaired) electrons. The van der Waals surface area contributed by atoms with Gasteiger partial charge in [0.2, 0.25) is 0 Å². The van der Waals surface area contributed by atoms with E-state index in [0.29, 0.717) is 0 Å². The van der Waals surface area contributed by atoms with Gasteiger partial charge in [0.15, 0.2) is 0 Å². The maximum absolute atomic E-state index is 11.4. The molecule has 2 N–H and O–H groups in total. The number of nitrogens with two attached hydrogens (primary N) is 1. The van der Waals surface area contributed by atoms with E-state index in [0.717, 1.165) is 25.9 Å². The number of unbranched alkanes of at least 4 members (excludes halogenated alkanes) is 10. The van der Waals surface area contributed by atoms with Crippen LogP contribution in [0.5, 0.6) is 0 Å². The van der Waals surface area contributed by atoms with Crippen LogP contribution >= 0.6 is 0 Å². The third-order valence-electron chi connectivity index (χ3n) is 3.82. The van der Waals surface area contributed by atoms with Crippen LogP contribution in [0.15, 0.2) is 0 Å². The van der Waals surface area contributed by atoms with Gasteiger partial charge in [-0.1, -0.05) is 78.1 Å². The van der Waals surface area contributed by atoms with Crippen LogP contribution in [0.3, 0.4) is 0 Å². The molecule has 0 saturated carbocycles. The average Bonchev–Trinajstić information content (AvgIpc) is 2.51. The first kappa shape index (κ1) is 29.7. The van der Waals surface area contributed by atoms with Gasteiger partial charge in [-0.2, -0.15) is 0 Å². The van der Waals surface area contributed by atoms with Gasteiger partial charge in [0.05, 0.1) is 5.24 Å². The van der Waals surface area contributed by atoms with Gasteiger partial charge in [-0.05, 0) is 12.8 Å². The Balaban J connectivity index is -0.000000867. The predicted molar refractivity (Wildman–Crippen MR) is 108 cm³/mol. The summed E-state index contributed by atoms with van der Waals surface area (Å²) < 4.78 is 0. The first-order chi connectivity index (χ1) is 11.5. The second-order valence-electron chi connectivity index (χ2n) is 6.11. The van der Waals surface area contributed by atoms with E-state index >= 15 is 0 Å². The van der Waals surface area contributed by atoms with E-state index in [2.05, 4.69) is 32.2 Å². The van der Waals surface area contributed by atoms with E-state index in [4.69, 9.17) is 17.4 Å². The number of primary amides is 1. The largest absolute Gasteiger partial charge is 2.00 e. The summed E-state index contributed by atoms with van der Waals surface area (Å²) in [4.78, 5) is 22.3. The van der Waals surface area contributed by atoms with Gasteiger partial charge in [-0.25, -0.2) is 0 Å². The minimum Gasteiger partial charge on any atom is -0.719 e. The summed E-state index contributed by atoms with van der Waals surface area (Å²) in [6.07, 6.45) is 15.2. The number of amides is 2. The van der Waals surface area contributed by atoms with E-state index in [-0.39, 0.29) is 22.3 Å². The van der Waals surface area contributed by atoms with Crippen molar-refractivity contribution >= 4 is 35.7 Å². The third kappa shape index (κ3) is 28.9. The summed E-state index contributed by atoms with van der Waals surface area (Å²) in [5.74, 6) is 0. The maximum atomic E-state index is 11.4. The molecule has 0 atom stereocenters. The fourth-order valence-corrected chi connectivity index (χ4v) is 2.64. The minimum atomic E-state index is -0.750. The van der Waals surface area contributed by atoms with Crippen molar-refractivity contribution in [1.29, 1.82) is 0 Å². The molecule has 0 fully saturated rings. The zero-order chi connectivity index (χ0) is 18.6. The molecule has 0 unspecified atom stereocenters. The predicted octanol–water partition coefficient (Wildman–Crippen LogP) is 5.29. The number of carbonyl (C=O) groups excluding carboxylic acids is 2. The summed E-state index contributed by atoms with van der Waals surface area (Å²) in [7, 11) is 0. The zero-order valence-electron chi connectivity index (χ0n) is 15.9. The molecular formula is C18H36CuN2O2S2. The van der Waals surface area contributed by atoms with Crippen LogP contribution in [0, 0.1) is 0 Å². The Morgan fingerprint density at radius 1 is 0.720 bits per heavy atom. The Kier molecular flexibility index (Phi) is 28.3. The van der Waals surface area contributed by atoms with Gasteiger partial charge < -0.3 is 45.5 Å². The number of nitrogens with zero attached hydrogens (tertiary/aromatic N) is 1. The molecule has 4 nitrogen and oxygen atoms in total. The van der Waals surface area contributed by atoms with Crippen molar-refractivity contribution in [1.82, 2.24) is 4.90 Å². The van der Waals surface area contributed by atoms with Crippen molar-refractivity contribution in [2.24, 2.45) is 5.73 Å². The van der Waals surface area contributed by atoms with Crippen LogP contribution in [0.4, 0.5) is 9.59 Å². The molecule has 0 spiro atoms. The van der Waals surface area contributed by atoms with Crippen LogP contribution < -0.4 is 5.73 Å². The monoisotopic (exact) mass is 439 g/mol. The van der Waals surface area contributed by atoms with Gasteiger partial charge in [-0.15, -0.1) is 0 Å². The summed E-state index contributed by atoms with van der Waals surface area (Å²) in [5.41, 5.74) is 4.29. The van der Waals surface area contributed by atoms with Crippen LogP contribution in [0.2, 0.25) is 0 Å². The molecule has 0 aliphatic heterocycles. The number of hydrogen-bond donors (Lipinski definition) is 1. The Bertz CT molecular complexity index is 289. The normalized spacial score (nSPS) is 9.52. The Morgan fingerprint density at radius 3 is 1.28 bits per heavy atom. The summed E-state index contributed by atoms with van der Waals surface area (Å²) in [6, 6.07) is 0. The fourth-order valence-electron chi connectivity index (χ4n) is 2.46. The van der Waals surface area contributed by atoms with Crippen molar-refractivity contribution in [2.75, 3.05) is 13.1 Å². The van der Waals surface area contributed by atoms with Gasteiger partial charge in [-0.3, -0.25) is 0 Å². The van der Waals surface area contributed by atoms with E-state index in [1.165, 1.54) is 64.2 Å². The first-order valence-corrected chi connectivity index (χ1v) is 10.2. The molecule has 2 amide bonds. The van der Waals surface area contributed by atoms with Crippen molar-refractivity contribution in [2.45, 2.75) is 90.9 Å². The zero-order valence-corrected chi connectivity index (χ0v) is 18.4. The van der Waals surface area contributed by atoms with Crippen molar-refractivity contribution in [3.05, 3.63) is 0 Å². The molecule has 25 heavy (non-hydrogen) atoms. The maximum Gasteiger partial charge on any atom is 2.00 e. The summed E-state index contributed by atoms with van der Waals surface area (Å²) in [5, 5.41) is -0.910. The fraction of sp³-hybridized carbons (Fsp3) is 0.889. The molecule has 7 heteroatoms. The molecule has 0 heterocycles. The Hall–Kier alpha value is -0.101. The van der Waals surface area contributed by atoms with Gasteiger partial charge in [0.25, 0.3) is 0 Å². The van der Waals surface area contributed by atoms with Gasteiger partial charge in [0.1, 0.15) is 5.24 Å². The van der Waals surface area contributed by atoms with Crippen LogP contribution in [-0.4, -0.2) is 28.5 Å². The molecular weight excluding hydrogens is 404 g/mol. The first-order valence-electron chi connectivity index (χ1n) is 9.38. The number of hydrogen-bond acceptors (Lipinski definition) is 4. The van der Waals surface area contributed by atoms with Crippen LogP contribution in [0.1, 0.15) is 90.9 Å². The molecule has 0 aliphatic rings. The van der Waals surface area contributed by atoms with Gasteiger partial charge >= 0.3 is 17.1 Å². The quantitative estimate of drug-likeness (QED) is 0.227. The van der Waals surface area contributed by atoms with Crippen molar-refractivity contribution < 1.29 is 26.7 Å². The van der Waals surface area contributed by atoms with E-state index in [1.54, 1.807) is 0 Å². The Morgan fingerprint density at radius 2 is 1.00 bits per heavy atom. The second-order valence-corrected chi connectivity index (χ2v) is 6.86. The molecule has 0 aromatic carbocycles. The van der Waals surface area contributed by atoms with Crippen LogP contribution in [-0.2, 0) is 42.3 Å². The van der Waals surface area contributed by atoms with Crippen molar-refractivity contribution in [3.8, 4) is 0 Å². The number of carbonyl (C=O) groups is 2. The minimum absolute atomic E-state index is 0. The molecule has 0 aromatic rings. The SMILES string of the molecule is CCCCCCCCN(CCCCCCCC)C(=O)[S-].NC(=O)[S-].[Cu+2]. The summed E-state index contributed by atoms with van der Waals surface area (Å²) in [6.45, 7) is 6.20. The molecule has 0 rings (SSSR count). The van der Waals surface area contributed by atoms with E-state index < -0.39 is 5.24 Å². The molecule has 0 aliphatic carbocycles. The van der Waals surface area contributed by atoms with Crippen LogP contribution in [0.25, 0.3) is 0 Å². The molecule has 153 valence electrons. The van der Waals surface area contributed by atoms with Gasteiger partial charge in [0, 0.05) is 13.1 Å². The summed E-state index contributed by atoms with van der Waals surface area (Å²) >= 11 is 8.59. The standard InChI is InChI=1S/C17H35NOS.CH3NOS.Cu/c1-3-5-7-9-11-13-15-18(17(19)20)16-14-12-10-8-6-4-2;2-1(3)4;/h3-16H2,1-2H3,(H,19,20);(H3,2,3,4);/q;;+2/p-2. The van der Waals surface area contributed by atoms with Crippen molar-refractivity contribution in [3.63, 3.8) is 0 Å². The number of rotatable bonds is 14. The smallest absolute Gasteiger partial charge is 0.719 e. The van der Waals surface area contributed by atoms with E-state index in [9.17, 15) is 4.79 Å². The Labute approximate surface area is 176 Å². The second kappa shape index (κ2) is 23.9. The molecule has 0 saturated heterocycles. The average molecular weight is 440 g/mol. The molecule has 0 aromatic heterocycles. The topological polar surface area (TPSA) is 63.4 Å². The van der Waals surface area contributed by atoms with E-state index in [1.807, 2.05) is 4.90 Å². The molecule has 0 bridgehead atoms. The third-order valence-corrected chi connectivity index (χ3v) is 4.08.